The summed E-state index contributed by atoms with van der Waals surface area (Å²) in [7, 11) is -1.93. The van der Waals surface area contributed by atoms with E-state index in [0.717, 1.165) is 12.0 Å². The lowest BCUT2D eigenvalue weighted by Gasteiger charge is -2.24. The lowest BCUT2D eigenvalue weighted by molar-refractivity contribution is 0.249. The second kappa shape index (κ2) is 14.0. The number of anilines is 2. The van der Waals surface area contributed by atoms with Gasteiger partial charge in [-0.1, -0.05) is 47.5 Å². The van der Waals surface area contributed by atoms with Crippen molar-refractivity contribution in [2.24, 2.45) is 9.98 Å². The maximum Gasteiger partial charge on any atom is 0.319 e. The second-order valence-corrected chi connectivity index (χ2v) is 12.6. The molecule has 3 rings (SSSR count). The summed E-state index contributed by atoms with van der Waals surface area (Å²) < 4.78 is 28.4. The number of halogens is 2. The highest BCUT2D eigenvalue weighted by atomic mass is 35.5. The van der Waals surface area contributed by atoms with Crippen molar-refractivity contribution in [2.45, 2.75) is 43.7 Å². The summed E-state index contributed by atoms with van der Waals surface area (Å²) in [4.78, 5) is 20.3. The van der Waals surface area contributed by atoms with Crippen molar-refractivity contribution in [3.05, 3.63) is 93.6 Å². The average Bonchev–Trinajstić information content (AvgIpc) is 2.94. The molecule has 0 spiro atoms. The molecule has 0 unspecified atom stereocenters. The van der Waals surface area contributed by atoms with Gasteiger partial charge in [-0.15, -0.1) is 0 Å². The van der Waals surface area contributed by atoms with Crippen LogP contribution in [-0.4, -0.2) is 40.5 Å². The molecule has 3 aromatic rings. The third kappa shape index (κ3) is 8.42. The van der Waals surface area contributed by atoms with Crippen LogP contribution in [0.4, 0.5) is 16.2 Å². The molecule has 0 saturated heterocycles. The number of nitrogens with one attached hydrogen (secondary N) is 4. The maximum absolute atomic E-state index is 12.9. The average molecular weight is 630 g/mol. The van der Waals surface area contributed by atoms with Gasteiger partial charge in [0.05, 0.1) is 32.9 Å². The third-order valence-corrected chi connectivity index (χ3v) is 8.83. The Morgan fingerprint density at radius 2 is 1.60 bits per heavy atom. The lowest BCUT2D eigenvalue weighted by atomic mass is 9.95. The van der Waals surface area contributed by atoms with E-state index in [9.17, 15) is 13.2 Å². The molecule has 0 aromatic heterocycles. The van der Waals surface area contributed by atoms with Gasteiger partial charge in [-0.05, 0) is 95.2 Å². The van der Waals surface area contributed by atoms with E-state index >= 15 is 0 Å². The molecule has 3 aromatic carbocycles. The first kappa shape index (κ1) is 32.8. The van der Waals surface area contributed by atoms with Gasteiger partial charge in [0.25, 0.3) is 10.0 Å². The van der Waals surface area contributed by atoms with E-state index in [4.69, 9.17) is 23.2 Å². The SMILES string of the molecule is C=N/C=C(\N=C)c1ccc([C@H](C)NC(=O)Nc2ccc(S(=O)(=O)Nc3ccc(CC(C)(C)NC)cc3)cc2)c(Cl)c1Cl. The van der Waals surface area contributed by atoms with Crippen LogP contribution < -0.4 is 20.7 Å². The Morgan fingerprint density at radius 3 is 2.17 bits per heavy atom. The minimum absolute atomic E-state index is 0.0535. The second-order valence-electron chi connectivity index (χ2n) is 10.1. The molecule has 42 heavy (non-hydrogen) atoms. The zero-order valence-electron chi connectivity index (χ0n) is 23.8. The molecule has 12 heteroatoms. The number of carbonyl (C=O) groups is 1. The topological polar surface area (TPSA) is 124 Å². The number of carbonyl (C=O) groups excluding carboxylic acids is 1. The summed E-state index contributed by atoms with van der Waals surface area (Å²) in [5.41, 5.74) is 3.38. The van der Waals surface area contributed by atoms with Crippen LogP contribution in [0.5, 0.6) is 0 Å². The fourth-order valence-electron chi connectivity index (χ4n) is 4.04. The predicted octanol–water partition coefficient (Wildman–Crippen LogP) is 6.92. The van der Waals surface area contributed by atoms with Crippen LogP contribution in [0.1, 0.15) is 43.5 Å². The summed E-state index contributed by atoms with van der Waals surface area (Å²) in [5, 5.41) is 9.22. The monoisotopic (exact) mass is 628 g/mol. The Balaban J connectivity index is 1.63. The number of rotatable bonds is 12. The highest BCUT2D eigenvalue weighted by Crippen LogP contribution is 2.36. The van der Waals surface area contributed by atoms with Crippen molar-refractivity contribution in [3.63, 3.8) is 0 Å². The number of aliphatic imine (C=N–C) groups is 2. The molecule has 222 valence electrons. The molecule has 9 nitrogen and oxygen atoms in total. The number of urea groups is 1. The zero-order chi connectivity index (χ0) is 31.1. The van der Waals surface area contributed by atoms with E-state index in [1.807, 2.05) is 19.2 Å². The standard InChI is InChI=1S/C30H34Cl2N6O3S/c1-19(24-15-16-25(28(32)27(24)31)26(34-5)18-33-4)36-29(39)37-21-11-13-23(14-12-21)42(40,41)38-22-9-7-20(8-10-22)17-30(2,3)35-6/h7-16,18-19,35,38H,4-5,17H2,1-3,6H3,(H2,36,37,39)/b26-18-/t19-/m0/s1. The van der Waals surface area contributed by atoms with Crippen molar-refractivity contribution in [1.29, 1.82) is 0 Å². The number of benzene rings is 3. The summed E-state index contributed by atoms with van der Waals surface area (Å²) >= 11 is 12.9. The zero-order valence-corrected chi connectivity index (χ0v) is 26.2. The smallest absolute Gasteiger partial charge is 0.319 e. The van der Waals surface area contributed by atoms with Gasteiger partial charge < -0.3 is 16.0 Å². The number of hydrogen-bond acceptors (Lipinski definition) is 6. The van der Waals surface area contributed by atoms with E-state index in [1.165, 1.54) is 30.5 Å². The Labute approximate surface area is 257 Å². The van der Waals surface area contributed by atoms with Crippen LogP contribution in [0, 0.1) is 0 Å². The van der Waals surface area contributed by atoms with Gasteiger partial charge in [0.15, 0.2) is 0 Å². The first-order chi connectivity index (χ1) is 19.8. The Morgan fingerprint density at radius 1 is 0.976 bits per heavy atom. The quantitative estimate of drug-likeness (QED) is 0.163. The molecule has 0 heterocycles. The summed E-state index contributed by atoms with van der Waals surface area (Å²) in [6.07, 6.45) is 2.21. The van der Waals surface area contributed by atoms with Gasteiger partial charge >= 0.3 is 6.03 Å². The molecule has 0 fully saturated rings. The van der Waals surface area contributed by atoms with E-state index in [-0.39, 0.29) is 20.5 Å². The fraction of sp³-hybridized carbons (Fsp3) is 0.233. The summed E-state index contributed by atoms with van der Waals surface area (Å²) in [6, 6.07) is 15.5. The summed E-state index contributed by atoms with van der Waals surface area (Å²) in [6.45, 7) is 12.8. The molecular weight excluding hydrogens is 595 g/mol. The molecule has 0 aliphatic rings. The molecule has 1 atom stereocenters. The molecule has 0 bridgehead atoms. The van der Waals surface area contributed by atoms with Crippen molar-refractivity contribution < 1.29 is 13.2 Å². The first-order valence-electron chi connectivity index (χ1n) is 12.9. The minimum atomic E-state index is -3.83. The van der Waals surface area contributed by atoms with Crippen LogP contribution in [0.25, 0.3) is 5.70 Å². The molecule has 0 radical (unpaired) electrons. The van der Waals surface area contributed by atoms with Gasteiger partial charge in [0.1, 0.15) is 0 Å². The van der Waals surface area contributed by atoms with Crippen molar-refractivity contribution in [2.75, 3.05) is 17.1 Å². The van der Waals surface area contributed by atoms with Crippen LogP contribution >= 0.6 is 23.2 Å². The predicted molar refractivity (Wildman–Crippen MR) is 175 cm³/mol. The Hall–Kier alpha value is -3.70. The number of hydrogen-bond donors (Lipinski definition) is 4. The van der Waals surface area contributed by atoms with Crippen LogP contribution in [-0.2, 0) is 16.4 Å². The fourth-order valence-corrected chi connectivity index (χ4v) is 5.70. The Kier molecular flexibility index (Phi) is 10.9. The normalized spacial score (nSPS) is 12.8. The number of nitrogens with zero attached hydrogens (tertiary/aromatic N) is 2. The Bertz CT molecular complexity index is 1590. The maximum atomic E-state index is 12.9. The molecule has 0 aliphatic carbocycles. The molecule has 2 amide bonds. The van der Waals surface area contributed by atoms with Gasteiger partial charge in [-0.2, -0.15) is 0 Å². The van der Waals surface area contributed by atoms with Crippen molar-refractivity contribution >= 4 is 69.8 Å². The van der Waals surface area contributed by atoms with Crippen LogP contribution in [0.2, 0.25) is 10.0 Å². The van der Waals surface area contributed by atoms with Gasteiger partial charge in [0, 0.05) is 22.5 Å². The molecular formula is C30H34Cl2N6O3S. The van der Waals surface area contributed by atoms with Crippen LogP contribution in [0.3, 0.4) is 0 Å². The van der Waals surface area contributed by atoms with Crippen LogP contribution in [0.15, 0.2) is 81.7 Å². The van der Waals surface area contributed by atoms with Gasteiger partial charge in [-0.3, -0.25) is 14.7 Å². The van der Waals surface area contributed by atoms with Gasteiger partial charge in [0.2, 0.25) is 0 Å². The third-order valence-electron chi connectivity index (χ3n) is 6.54. The summed E-state index contributed by atoms with van der Waals surface area (Å²) in [5.74, 6) is 0. The molecule has 0 aliphatic heterocycles. The highest BCUT2D eigenvalue weighted by Gasteiger charge is 2.20. The number of amides is 2. The van der Waals surface area contributed by atoms with Crippen molar-refractivity contribution in [3.8, 4) is 0 Å². The highest BCUT2D eigenvalue weighted by molar-refractivity contribution is 7.92. The van der Waals surface area contributed by atoms with Gasteiger partial charge in [-0.25, -0.2) is 13.2 Å². The molecule has 4 N–H and O–H groups in total. The largest absolute Gasteiger partial charge is 0.331 e. The lowest BCUT2D eigenvalue weighted by Crippen LogP contribution is -2.38. The van der Waals surface area contributed by atoms with E-state index < -0.39 is 22.1 Å². The first-order valence-corrected chi connectivity index (χ1v) is 15.1. The van der Waals surface area contributed by atoms with E-state index in [2.05, 4.69) is 57.9 Å². The van der Waals surface area contributed by atoms with E-state index in [0.29, 0.717) is 28.2 Å². The number of sulfonamides is 1. The molecule has 0 saturated carbocycles. The van der Waals surface area contributed by atoms with E-state index in [1.54, 1.807) is 31.2 Å². The van der Waals surface area contributed by atoms with Crippen molar-refractivity contribution in [1.82, 2.24) is 10.6 Å². The minimum Gasteiger partial charge on any atom is -0.331 e. The number of likely N-dealkylation sites (N-methyl/N-ethyl adjacent to an activating group) is 1.